The van der Waals surface area contributed by atoms with E-state index in [-0.39, 0.29) is 23.4 Å². The summed E-state index contributed by atoms with van der Waals surface area (Å²) in [6, 6.07) is 26.0. The summed E-state index contributed by atoms with van der Waals surface area (Å²) < 4.78 is 44.7. The lowest BCUT2D eigenvalue weighted by atomic mass is 10.0. The number of rotatable bonds is 11. The first kappa shape index (κ1) is 34.4. The molecule has 46 heavy (non-hydrogen) atoms. The lowest BCUT2D eigenvalue weighted by Crippen LogP contribution is -2.56. The van der Waals surface area contributed by atoms with Gasteiger partial charge in [-0.15, -0.1) is 0 Å². The number of nitrogens with one attached hydrogen (secondary N) is 1. The quantitative estimate of drug-likeness (QED) is 0.202. The van der Waals surface area contributed by atoms with Gasteiger partial charge in [-0.1, -0.05) is 83.9 Å². The van der Waals surface area contributed by atoms with Crippen molar-refractivity contribution in [1.82, 2.24) is 10.2 Å². The van der Waals surface area contributed by atoms with Crippen molar-refractivity contribution in [1.29, 1.82) is 0 Å². The summed E-state index contributed by atoms with van der Waals surface area (Å²) in [5.41, 5.74) is 3.19. The third-order valence-electron chi connectivity index (χ3n) is 7.58. The smallest absolute Gasteiger partial charge is 0.264 e. The Bertz CT molecular complexity index is 1790. The number of amides is 2. The van der Waals surface area contributed by atoms with E-state index < -0.39 is 45.8 Å². The Morgan fingerprint density at radius 1 is 0.826 bits per heavy atom. The third-order valence-corrected chi connectivity index (χ3v) is 9.35. The molecular weight excluding hydrogens is 601 g/mol. The standard InChI is InChI=1S/C37H42FN3O4S/c1-26-16-19-31(20-17-26)46(44,45)41(33-21-18-27(2)22-28(33)3)25-35(42)40(24-30-14-10-11-15-32(30)38)34(36(43)39-37(4,5)6)23-29-12-8-7-9-13-29/h7-22,34H,23-25H2,1-6H3,(H,39,43)/t34-/m0/s1. The van der Waals surface area contributed by atoms with Gasteiger partial charge >= 0.3 is 0 Å². The molecule has 0 aliphatic rings. The molecule has 0 fully saturated rings. The van der Waals surface area contributed by atoms with Gasteiger partial charge in [0.15, 0.2) is 0 Å². The van der Waals surface area contributed by atoms with Gasteiger partial charge in [-0.2, -0.15) is 0 Å². The molecule has 0 saturated heterocycles. The number of halogens is 1. The van der Waals surface area contributed by atoms with Crippen LogP contribution in [-0.2, 0) is 32.6 Å². The van der Waals surface area contributed by atoms with Crippen LogP contribution in [-0.4, -0.2) is 43.3 Å². The Hall–Kier alpha value is -4.50. The van der Waals surface area contributed by atoms with E-state index in [1.165, 1.54) is 23.1 Å². The molecule has 1 N–H and O–H groups in total. The largest absolute Gasteiger partial charge is 0.350 e. The second kappa shape index (κ2) is 14.3. The zero-order valence-corrected chi connectivity index (χ0v) is 28.1. The maximum atomic E-state index is 15.1. The van der Waals surface area contributed by atoms with E-state index in [1.807, 2.05) is 71.0 Å². The summed E-state index contributed by atoms with van der Waals surface area (Å²) in [5.74, 6) is -1.61. The summed E-state index contributed by atoms with van der Waals surface area (Å²) in [5, 5.41) is 2.98. The summed E-state index contributed by atoms with van der Waals surface area (Å²) in [7, 11) is -4.24. The van der Waals surface area contributed by atoms with Crippen LogP contribution < -0.4 is 9.62 Å². The predicted molar refractivity (Wildman–Crippen MR) is 180 cm³/mol. The minimum absolute atomic E-state index is 0.0258. The number of nitrogens with zero attached hydrogens (tertiary/aromatic N) is 2. The Morgan fingerprint density at radius 2 is 1.43 bits per heavy atom. The second-order valence-corrected chi connectivity index (χ2v) is 14.5. The topological polar surface area (TPSA) is 86.8 Å². The molecule has 0 heterocycles. The number of carbonyl (C=O) groups is 2. The second-order valence-electron chi connectivity index (χ2n) is 12.7. The van der Waals surface area contributed by atoms with Crippen molar-refractivity contribution in [2.24, 2.45) is 0 Å². The van der Waals surface area contributed by atoms with Gasteiger partial charge in [0.2, 0.25) is 11.8 Å². The number of sulfonamides is 1. The lowest BCUT2D eigenvalue weighted by Gasteiger charge is -2.35. The summed E-state index contributed by atoms with van der Waals surface area (Å²) in [6.07, 6.45) is 0.136. The molecule has 4 aromatic carbocycles. The molecule has 7 nitrogen and oxygen atoms in total. The van der Waals surface area contributed by atoms with Crippen LogP contribution in [0.25, 0.3) is 0 Å². The van der Waals surface area contributed by atoms with Gasteiger partial charge < -0.3 is 10.2 Å². The molecular formula is C37H42FN3O4S. The number of aryl methyl sites for hydroxylation is 3. The van der Waals surface area contributed by atoms with Crippen LogP contribution in [0.4, 0.5) is 10.1 Å². The van der Waals surface area contributed by atoms with Crippen LogP contribution in [0, 0.1) is 26.6 Å². The first-order valence-electron chi connectivity index (χ1n) is 15.2. The Kier molecular flexibility index (Phi) is 10.7. The normalized spacial score (nSPS) is 12.3. The monoisotopic (exact) mass is 643 g/mol. The molecule has 2 amide bonds. The predicted octanol–water partition coefficient (Wildman–Crippen LogP) is 6.50. The lowest BCUT2D eigenvalue weighted by molar-refractivity contribution is -0.140. The third kappa shape index (κ3) is 8.60. The van der Waals surface area contributed by atoms with E-state index in [2.05, 4.69) is 5.32 Å². The van der Waals surface area contributed by atoms with E-state index in [1.54, 1.807) is 49.4 Å². The molecule has 4 aromatic rings. The molecule has 4 rings (SSSR count). The van der Waals surface area contributed by atoms with Gasteiger partial charge in [-0.05, 0) is 76.9 Å². The zero-order chi connectivity index (χ0) is 33.6. The van der Waals surface area contributed by atoms with Crippen molar-refractivity contribution >= 4 is 27.5 Å². The van der Waals surface area contributed by atoms with E-state index in [0.717, 1.165) is 21.0 Å². The summed E-state index contributed by atoms with van der Waals surface area (Å²) >= 11 is 0. The van der Waals surface area contributed by atoms with Crippen LogP contribution in [0.3, 0.4) is 0 Å². The first-order chi connectivity index (χ1) is 21.7. The maximum absolute atomic E-state index is 15.1. The minimum Gasteiger partial charge on any atom is -0.350 e. The fraction of sp³-hybridized carbons (Fsp3) is 0.297. The molecule has 0 aliphatic carbocycles. The molecule has 1 atom stereocenters. The molecule has 0 unspecified atom stereocenters. The zero-order valence-electron chi connectivity index (χ0n) is 27.2. The average molecular weight is 644 g/mol. The van der Waals surface area contributed by atoms with Crippen LogP contribution in [0.15, 0.2) is 102 Å². The summed E-state index contributed by atoms with van der Waals surface area (Å²) in [4.78, 5) is 29.8. The van der Waals surface area contributed by atoms with Crippen molar-refractivity contribution in [3.8, 4) is 0 Å². The van der Waals surface area contributed by atoms with E-state index in [4.69, 9.17) is 0 Å². The van der Waals surface area contributed by atoms with Gasteiger partial charge in [-0.25, -0.2) is 12.8 Å². The van der Waals surface area contributed by atoms with Gasteiger partial charge in [0.25, 0.3) is 10.0 Å². The van der Waals surface area contributed by atoms with Gasteiger partial charge in [0, 0.05) is 24.1 Å². The number of anilines is 1. The fourth-order valence-corrected chi connectivity index (χ4v) is 6.73. The fourth-order valence-electron chi connectivity index (χ4n) is 5.25. The average Bonchev–Trinajstić information content (AvgIpc) is 2.98. The van der Waals surface area contributed by atoms with Gasteiger partial charge in [-0.3, -0.25) is 13.9 Å². The highest BCUT2D eigenvalue weighted by Crippen LogP contribution is 2.29. The van der Waals surface area contributed by atoms with Gasteiger partial charge in [0.1, 0.15) is 18.4 Å². The molecule has 9 heteroatoms. The highest BCUT2D eigenvalue weighted by Gasteiger charge is 2.36. The Labute approximate surface area is 272 Å². The van der Waals surface area contributed by atoms with E-state index in [9.17, 15) is 18.0 Å². The van der Waals surface area contributed by atoms with Crippen molar-refractivity contribution in [3.05, 3.63) is 131 Å². The van der Waals surface area contributed by atoms with Crippen LogP contribution in [0.2, 0.25) is 0 Å². The van der Waals surface area contributed by atoms with Gasteiger partial charge in [0.05, 0.1) is 10.6 Å². The van der Waals surface area contributed by atoms with Crippen LogP contribution >= 0.6 is 0 Å². The molecule has 0 saturated carbocycles. The van der Waals surface area contributed by atoms with Crippen molar-refractivity contribution in [3.63, 3.8) is 0 Å². The van der Waals surface area contributed by atoms with E-state index >= 15 is 4.39 Å². The number of benzene rings is 4. The van der Waals surface area contributed by atoms with E-state index in [0.29, 0.717) is 11.3 Å². The molecule has 0 aromatic heterocycles. The molecule has 0 radical (unpaired) electrons. The molecule has 242 valence electrons. The number of hydrogen-bond donors (Lipinski definition) is 1. The highest BCUT2D eigenvalue weighted by molar-refractivity contribution is 7.92. The van der Waals surface area contributed by atoms with Crippen LogP contribution in [0.1, 0.15) is 48.6 Å². The van der Waals surface area contributed by atoms with Crippen LogP contribution in [0.5, 0.6) is 0 Å². The Morgan fingerprint density at radius 3 is 2.04 bits per heavy atom. The number of hydrogen-bond acceptors (Lipinski definition) is 4. The first-order valence-corrected chi connectivity index (χ1v) is 16.7. The van der Waals surface area contributed by atoms with Crippen molar-refractivity contribution in [2.45, 2.75) is 71.0 Å². The molecule has 0 spiro atoms. The Balaban J connectivity index is 1.85. The molecule has 0 aliphatic heterocycles. The minimum atomic E-state index is -4.24. The van der Waals surface area contributed by atoms with Crippen molar-refractivity contribution < 1.29 is 22.4 Å². The highest BCUT2D eigenvalue weighted by atomic mass is 32.2. The molecule has 0 bridgehead atoms. The SMILES string of the molecule is Cc1ccc(S(=O)(=O)N(CC(=O)N(Cc2ccccc2F)[C@@H](Cc2ccccc2)C(=O)NC(C)(C)C)c2ccc(C)cc2C)cc1. The van der Waals surface area contributed by atoms with Crippen molar-refractivity contribution in [2.75, 3.05) is 10.8 Å². The maximum Gasteiger partial charge on any atom is 0.264 e. The number of carbonyl (C=O) groups excluding carboxylic acids is 2. The summed E-state index contributed by atoms with van der Waals surface area (Å²) in [6.45, 7) is 10.2.